The molecule has 1 amide bonds. The van der Waals surface area contributed by atoms with Gasteiger partial charge in [0.25, 0.3) is 11.5 Å². The van der Waals surface area contributed by atoms with Gasteiger partial charge in [-0.25, -0.2) is 19.4 Å². The summed E-state index contributed by atoms with van der Waals surface area (Å²) in [5, 5.41) is 4.03. The topological polar surface area (TPSA) is 102 Å². The second kappa shape index (κ2) is 11.1. The van der Waals surface area contributed by atoms with E-state index < -0.39 is 17.8 Å². The van der Waals surface area contributed by atoms with Crippen molar-refractivity contribution in [3.8, 4) is 0 Å². The number of amides is 1. The molecule has 0 aliphatic carbocycles. The van der Waals surface area contributed by atoms with Gasteiger partial charge in [-0.1, -0.05) is 41.7 Å². The van der Waals surface area contributed by atoms with Gasteiger partial charge in [-0.05, 0) is 73.6 Å². The van der Waals surface area contributed by atoms with Gasteiger partial charge < -0.3 is 9.73 Å². The predicted octanol–water partition coefficient (Wildman–Crippen LogP) is 4.86. The maximum absolute atomic E-state index is 13.9. The van der Waals surface area contributed by atoms with Crippen molar-refractivity contribution < 1.29 is 13.6 Å². The number of aryl methyl sites for hydroxylation is 1. The fourth-order valence-electron chi connectivity index (χ4n) is 4.45. The Bertz CT molecular complexity index is 1980. The second-order valence-electron chi connectivity index (χ2n) is 9.19. The van der Waals surface area contributed by atoms with Crippen molar-refractivity contribution in [1.82, 2.24) is 14.5 Å². The standard InChI is InChI=1S/C30H22FN5O3S2/c1-17-14-15-32-29(33-17)41-24-13-12-22(39-24)16-23-28(38)36-26(19-8-10-20(31)11-9-19)25(18(2)34-30(36)40-23)27(37)35-21-6-4-3-5-7-21/h3-16,26H,1-2H3,(H,35,37)/b23-16+/t26-/m1/s1. The van der Waals surface area contributed by atoms with E-state index in [-0.39, 0.29) is 5.56 Å². The minimum Gasteiger partial charge on any atom is -0.450 e. The first kappa shape index (κ1) is 26.6. The van der Waals surface area contributed by atoms with Crippen LogP contribution < -0.4 is 20.2 Å². The molecule has 1 atom stereocenters. The number of benzene rings is 2. The van der Waals surface area contributed by atoms with Gasteiger partial charge in [0.2, 0.25) is 0 Å². The molecule has 1 N–H and O–H groups in total. The van der Waals surface area contributed by atoms with Crippen LogP contribution in [0.4, 0.5) is 10.1 Å². The molecule has 1 aliphatic heterocycles. The van der Waals surface area contributed by atoms with E-state index in [1.165, 1.54) is 39.8 Å². The third-order valence-electron chi connectivity index (χ3n) is 6.32. The number of nitrogens with zero attached hydrogens (tertiary/aromatic N) is 4. The average molecular weight is 584 g/mol. The van der Waals surface area contributed by atoms with Crippen molar-refractivity contribution in [2.24, 2.45) is 4.99 Å². The number of para-hydroxylation sites is 1. The summed E-state index contributed by atoms with van der Waals surface area (Å²) >= 11 is 2.47. The van der Waals surface area contributed by atoms with Gasteiger partial charge in [-0.2, -0.15) is 0 Å². The Morgan fingerprint density at radius 3 is 2.61 bits per heavy atom. The molecule has 8 nitrogen and oxygen atoms in total. The molecule has 11 heteroatoms. The van der Waals surface area contributed by atoms with Crippen molar-refractivity contribution >= 4 is 40.8 Å². The van der Waals surface area contributed by atoms with Gasteiger partial charge in [0.1, 0.15) is 11.6 Å². The van der Waals surface area contributed by atoms with E-state index in [2.05, 4.69) is 20.3 Å². The summed E-state index contributed by atoms with van der Waals surface area (Å²) in [5.41, 5.74) is 2.47. The van der Waals surface area contributed by atoms with Crippen LogP contribution in [0.3, 0.4) is 0 Å². The van der Waals surface area contributed by atoms with E-state index in [9.17, 15) is 14.0 Å². The first-order valence-electron chi connectivity index (χ1n) is 12.6. The summed E-state index contributed by atoms with van der Waals surface area (Å²) in [6.07, 6.45) is 3.33. The normalized spacial score (nSPS) is 15.0. The number of nitrogens with one attached hydrogen (secondary N) is 1. The first-order chi connectivity index (χ1) is 19.9. The number of allylic oxidation sites excluding steroid dienone is 1. The number of halogens is 1. The number of fused-ring (bicyclic) bond motifs is 1. The zero-order valence-corrected chi connectivity index (χ0v) is 23.5. The molecule has 6 rings (SSSR count). The van der Waals surface area contributed by atoms with E-state index in [0.29, 0.717) is 47.9 Å². The fraction of sp³-hybridized carbons (Fsp3) is 0.100. The molecule has 41 heavy (non-hydrogen) atoms. The van der Waals surface area contributed by atoms with E-state index in [4.69, 9.17) is 4.42 Å². The molecule has 0 unspecified atom stereocenters. The monoisotopic (exact) mass is 583 g/mol. The predicted molar refractivity (Wildman–Crippen MR) is 155 cm³/mol. The van der Waals surface area contributed by atoms with Crippen molar-refractivity contribution in [2.75, 3.05) is 5.32 Å². The smallest absolute Gasteiger partial charge is 0.271 e. The lowest BCUT2D eigenvalue weighted by Gasteiger charge is -2.25. The number of aromatic nitrogens is 3. The lowest BCUT2D eigenvalue weighted by atomic mass is 9.95. The van der Waals surface area contributed by atoms with Gasteiger partial charge in [0.05, 0.1) is 21.8 Å². The first-order valence-corrected chi connectivity index (χ1v) is 14.2. The maximum Gasteiger partial charge on any atom is 0.271 e. The Morgan fingerprint density at radius 2 is 1.85 bits per heavy atom. The molecule has 0 fully saturated rings. The Balaban J connectivity index is 1.40. The lowest BCUT2D eigenvalue weighted by Crippen LogP contribution is -2.40. The zero-order valence-electron chi connectivity index (χ0n) is 21.9. The van der Waals surface area contributed by atoms with Crippen LogP contribution in [0.1, 0.15) is 30.0 Å². The van der Waals surface area contributed by atoms with Crippen LogP contribution in [-0.2, 0) is 4.79 Å². The minimum absolute atomic E-state index is 0.300. The van der Waals surface area contributed by atoms with Crippen LogP contribution in [-0.4, -0.2) is 20.4 Å². The van der Waals surface area contributed by atoms with Crippen molar-refractivity contribution in [2.45, 2.75) is 30.1 Å². The lowest BCUT2D eigenvalue weighted by molar-refractivity contribution is -0.113. The average Bonchev–Trinajstić information content (AvgIpc) is 3.52. The van der Waals surface area contributed by atoms with Crippen molar-refractivity contribution in [3.05, 3.63) is 133 Å². The summed E-state index contributed by atoms with van der Waals surface area (Å²) < 4.78 is 21.6. The van der Waals surface area contributed by atoms with Gasteiger partial charge in [-0.15, -0.1) is 0 Å². The number of carbonyl (C=O) groups is 1. The molecule has 0 saturated heterocycles. The third kappa shape index (κ3) is 5.54. The summed E-state index contributed by atoms with van der Waals surface area (Å²) in [5.74, 6) is -0.340. The molecule has 1 aliphatic rings. The maximum atomic E-state index is 13.9. The number of anilines is 1. The highest BCUT2D eigenvalue weighted by molar-refractivity contribution is 7.99. The molecular formula is C30H22FN5O3S2. The van der Waals surface area contributed by atoms with Gasteiger partial charge in [0, 0.05) is 23.7 Å². The molecule has 2 aromatic carbocycles. The minimum atomic E-state index is -0.807. The van der Waals surface area contributed by atoms with E-state index in [1.54, 1.807) is 55.6 Å². The van der Waals surface area contributed by atoms with E-state index >= 15 is 0 Å². The molecule has 4 heterocycles. The van der Waals surface area contributed by atoms with Crippen LogP contribution >= 0.6 is 23.1 Å². The summed E-state index contributed by atoms with van der Waals surface area (Å²) in [4.78, 5) is 41.1. The highest BCUT2D eigenvalue weighted by Gasteiger charge is 2.32. The van der Waals surface area contributed by atoms with Gasteiger partial charge in [-0.3, -0.25) is 14.2 Å². The molecule has 0 bridgehead atoms. The molecule has 0 radical (unpaired) electrons. The Hall–Kier alpha value is -4.61. The van der Waals surface area contributed by atoms with Crippen LogP contribution in [0.5, 0.6) is 0 Å². The largest absolute Gasteiger partial charge is 0.450 e. The molecule has 3 aromatic heterocycles. The van der Waals surface area contributed by atoms with Crippen LogP contribution in [0.2, 0.25) is 0 Å². The van der Waals surface area contributed by atoms with Crippen LogP contribution in [0.25, 0.3) is 6.08 Å². The summed E-state index contributed by atoms with van der Waals surface area (Å²) in [6, 6.07) is 19.4. The van der Waals surface area contributed by atoms with Crippen LogP contribution in [0.15, 0.2) is 115 Å². The highest BCUT2D eigenvalue weighted by atomic mass is 32.2. The number of thiazole rings is 1. The second-order valence-corrected chi connectivity index (χ2v) is 11.2. The Labute approximate surface area is 241 Å². The van der Waals surface area contributed by atoms with Gasteiger partial charge in [0.15, 0.2) is 15.1 Å². The van der Waals surface area contributed by atoms with Crippen molar-refractivity contribution in [1.29, 1.82) is 0 Å². The molecule has 0 saturated carbocycles. The highest BCUT2D eigenvalue weighted by Crippen LogP contribution is 2.31. The summed E-state index contributed by atoms with van der Waals surface area (Å²) in [6.45, 7) is 3.62. The third-order valence-corrected chi connectivity index (χ3v) is 8.11. The Morgan fingerprint density at radius 1 is 1.07 bits per heavy atom. The number of hydrogen-bond donors (Lipinski definition) is 1. The van der Waals surface area contributed by atoms with E-state index in [1.807, 2.05) is 31.2 Å². The molecule has 204 valence electrons. The molecular weight excluding hydrogens is 561 g/mol. The number of furan rings is 1. The number of carbonyl (C=O) groups excluding carboxylic acids is 1. The van der Waals surface area contributed by atoms with Crippen molar-refractivity contribution in [3.63, 3.8) is 0 Å². The quantitative estimate of drug-likeness (QED) is 0.287. The fourth-order valence-corrected chi connectivity index (χ4v) is 6.24. The van der Waals surface area contributed by atoms with Gasteiger partial charge >= 0.3 is 0 Å². The summed E-state index contributed by atoms with van der Waals surface area (Å²) in [7, 11) is 0. The molecule has 0 spiro atoms. The van der Waals surface area contributed by atoms with Crippen LogP contribution in [0, 0.1) is 12.7 Å². The number of rotatable bonds is 6. The SMILES string of the molecule is CC1=C(C(=O)Nc2ccccc2)[C@@H](c2ccc(F)cc2)n2c(s/c(=C/c3ccc(Sc4nccc(C)n4)o3)c2=O)=N1. The number of hydrogen-bond acceptors (Lipinski definition) is 8. The zero-order chi connectivity index (χ0) is 28.5. The Kier molecular flexibility index (Phi) is 7.21. The molecule has 5 aromatic rings. The van der Waals surface area contributed by atoms with E-state index in [0.717, 1.165) is 5.69 Å².